The average molecular weight is 226 g/mol. The third kappa shape index (κ3) is 1.45. The average Bonchev–Trinajstić information content (AvgIpc) is 2.63. The summed E-state index contributed by atoms with van der Waals surface area (Å²) < 4.78 is 5.66. The summed E-state index contributed by atoms with van der Waals surface area (Å²) in [6.45, 7) is 4.65. The lowest BCUT2D eigenvalue weighted by atomic mass is 9.85. The van der Waals surface area contributed by atoms with E-state index in [4.69, 9.17) is 4.74 Å². The van der Waals surface area contributed by atoms with Crippen molar-refractivity contribution < 1.29 is 4.74 Å². The Hall–Kier alpha value is -1.50. The van der Waals surface area contributed by atoms with Crippen LogP contribution < -0.4 is 4.74 Å². The Bertz CT molecular complexity index is 581. The number of hydrogen-bond donors (Lipinski definition) is 0. The van der Waals surface area contributed by atoms with E-state index >= 15 is 0 Å². The minimum atomic E-state index is 0.284. The van der Waals surface area contributed by atoms with Gasteiger partial charge in [-0.1, -0.05) is 44.2 Å². The lowest BCUT2D eigenvalue weighted by molar-refractivity contribution is 0.415. The molecule has 1 nitrogen and oxygen atoms in total. The van der Waals surface area contributed by atoms with Crippen molar-refractivity contribution in [3.63, 3.8) is 0 Å². The Kier molecular flexibility index (Phi) is 2.19. The minimum Gasteiger partial charge on any atom is -0.496 e. The van der Waals surface area contributed by atoms with Gasteiger partial charge in [0.25, 0.3) is 0 Å². The first-order chi connectivity index (χ1) is 8.13. The van der Waals surface area contributed by atoms with Crippen LogP contribution in [-0.4, -0.2) is 7.11 Å². The summed E-state index contributed by atoms with van der Waals surface area (Å²) in [6, 6.07) is 10.8. The first kappa shape index (κ1) is 10.6. The van der Waals surface area contributed by atoms with Crippen LogP contribution in [0.2, 0.25) is 0 Å². The van der Waals surface area contributed by atoms with E-state index in [1.165, 1.54) is 28.3 Å². The summed E-state index contributed by atoms with van der Waals surface area (Å²) in [5.74, 6) is 1.09. The van der Waals surface area contributed by atoms with Crippen LogP contribution >= 0.6 is 0 Å². The number of hydrogen-bond acceptors (Lipinski definition) is 1. The van der Waals surface area contributed by atoms with Crippen molar-refractivity contribution in [2.75, 3.05) is 7.11 Å². The third-order valence-corrected chi connectivity index (χ3v) is 4.04. The largest absolute Gasteiger partial charge is 0.496 e. The normalized spacial score (nSPS) is 17.1. The van der Waals surface area contributed by atoms with E-state index < -0.39 is 0 Å². The van der Waals surface area contributed by atoms with Crippen molar-refractivity contribution in [1.29, 1.82) is 0 Å². The summed E-state index contributed by atoms with van der Waals surface area (Å²) in [7, 11) is 1.79. The van der Waals surface area contributed by atoms with Gasteiger partial charge in [-0.25, -0.2) is 0 Å². The highest BCUT2D eigenvalue weighted by molar-refractivity contribution is 5.91. The van der Waals surface area contributed by atoms with Gasteiger partial charge in [-0.05, 0) is 34.8 Å². The van der Waals surface area contributed by atoms with Crippen molar-refractivity contribution in [3.05, 3.63) is 41.5 Å². The van der Waals surface area contributed by atoms with Crippen LogP contribution in [0.25, 0.3) is 10.8 Å². The molecule has 0 N–H and O–H groups in total. The fourth-order valence-electron chi connectivity index (χ4n) is 3.01. The van der Waals surface area contributed by atoms with Crippen molar-refractivity contribution in [2.45, 2.75) is 32.1 Å². The molecule has 0 unspecified atom stereocenters. The van der Waals surface area contributed by atoms with Crippen LogP contribution in [0.3, 0.4) is 0 Å². The zero-order valence-corrected chi connectivity index (χ0v) is 10.7. The van der Waals surface area contributed by atoms with Crippen LogP contribution in [-0.2, 0) is 11.8 Å². The molecule has 0 aromatic heterocycles. The van der Waals surface area contributed by atoms with E-state index in [-0.39, 0.29) is 5.41 Å². The van der Waals surface area contributed by atoms with Crippen LogP contribution in [0.15, 0.2) is 30.3 Å². The van der Waals surface area contributed by atoms with Gasteiger partial charge in [-0.15, -0.1) is 0 Å². The van der Waals surface area contributed by atoms with E-state index in [0.717, 1.165) is 12.2 Å². The number of ether oxygens (including phenoxy) is 1. The molecule has 0 heterocycles. The standard InChI is InChI=1S/C16H18O/c1-16(2)9-8-13-14(16)10-11-6-4-5-7-12(11)15(13)17-3/h4-7,10H,8-9H2,1-3H3. The maximum Gasteiger partial charge on any atom is 0.130 e. The van der Waals surface area contributed by atoms with Gasteiger partial charge < -0.3 is 4.74 Å². The highest BCUT2D eigenvalue weighted by Crippen LogP contribution is 2.45. The predicted octanol–water partition coefficient (Wildman–Crippen LogP) is 4.07. The number of methoxy groups -OCH3 is 1. The number of fused-ring (bicyclic) bond motifs is 2. The predicted molar refractivity (Wildman–Crippen MR) is 71.8 cm³/mol. The lowest BCUT2D eigenvalue weighted by Crippen LogP contribution is -2.11. The van der Waals surface area contributed by atoms with Gasteiger partial charge in [0, 0.05) is 5.39 Å². The summed E-state index contributed by atoms with van der Waals surface area (Å²) in [6.07, 6.45) is 2.35. The molecule has 0 radical (unpaired) electrons. The molecule has 1 heteroatoms. The fourth-order valence-corrected chi connectivity index (χ4v) is 3.01. The molecule has 0 spiro atoms. The van der Waals surface area contributed by atoms with Crippen molar-refractivity contribution in [2.24, 2.45) is 0 Å². The first-order valence-corrected chi connectivity index (χ1v) is 6.22. The van der Waals surface area contributed by atoms with Crippen LogP contribution in [0.5, 0.6) is 5.75 Å². The lowest BCUT2D eigenvalue weighted by Gasteiger charge is -2.20. The zero-order chi connectivity index (χ0) is 12.0. The molecule has 2 aromatic carbocycles. The van der Waals surface area contributed by atoms with Crippen LogP contribution in [0.4, 0.5) is 0 Å². The smallest absolute Gasteiger partial charge is 0.130 e. The Morgan fingerprint density at radius 2 is 1.94 bits per heavy atom. The van der Waals surface area contributed by atoms with Crippen molar-refractivity contribution in [3.8, 4) is 5.75 Å². The van der Waals surface area contributed by atoms with E-state index in [1.54, 1.807) is 7.11 Å². The second-order valence-electron chi connectivity index (χ2n) is 5.54. The monoisotopic (exact) mass is 226 g/mol. The topological polar surface area (TPSA) is 9.23 Å². The van der Waals surface area contributed by atoms with Gasteiger partial charge in [-0.2, -0.15) is 0 Å². The quantitative estimate of drug-likeness (QED) is 0.712. The summed E-state index contributed by atoms with van der Waals surface area (Å²) in [5, 5.41) is 2.53. The van der Waals surface area contributed by atoms with Gasteiger partial charge in [0.15, 0.2) is 0 Å². The maximum absolute atomic E-state index is 5.66. The van der Waals surface area contributed by atoms with Gasteiger partial charge in [0.1, 0.15) is 5.75 Å². The Morgan fingerprint density at radius 3 is 2.71 bits per heavy atom. The van der Waals surface area contributed by atoms with Crippen molar-refractivity contribution in [1.82, 2.24) is 0 Å². The molecule has 2 aromatic rings. The second-order valence-corrected chi connectivity index (χ2v) is 5.54. The Labute approximate surface area is 102 Å². The highest BCUT2D eigenvalue weighted by Gasteiger charge is 2.32. The molecule has 1 aliphatic carbocycles. The number of rotatable bonds is 1. The first-order valence-electron chi connectivity index (χ1n) is 6.22. The van der Waals surface area contributed by atoms with Crippen LogP contribution in [0, 0.1) is 0 Å². The van der Waals surface area contributed by atoms with E-state index in [9.17, 15) is 0 Å². The highest BCUT2D eigenvalue weighted by atomic mass is 16.5. The van der Waals surface area contributed by atoms with Gasteiger partial charge >= 0.3 is 0 Å². The summed E-state index contributed by atoms with van der Waals surface area (Å²) in [5.41, 5.74) is 3.16. The summed E-state index contributed by atoms with van der Waals surface area (Å²) in [4.78, 5) is 0. The molecule has 0 bridgehead atoms. The molecule has 3 rings (SSSR count). The van der Waals surface area contributed by atoms with Crippen LogP contribution in [0.1, 0.15) is 31.4 Å². The minimum absolute atomic E-state index is 0.284. The molecule has 0 saturated heterocycles. The third-order valence-electron chi connectivity index (χ3n) is 4.04. The van der Waals surface area contributed by atoms with E-state index in [2.05, 4.69) is 44.2 Å². The van der Waals surface area contributed by atoms with Gasteiger partial charge in [-0.3, -0.25) is 0 Å². The molecule has 0 fully saturated rings. The van der Waals surface area contributed by atoms with Crippen molar-refractivity contribution >= 4 is 10.8 Å². The zero-order valence-electron chi connectivity index (χ0n) is 10.7. The molecule has 0 amide bonds. The second kappa shape index (κ2) is 3.49. The summed E-state index contributed by atoms with van der Waals surface area (Å²) >= 11 is 0. The Morgan fingerprint density at radius 1 is 1.18 bits per heavy atom. The molecule has 0 saturated carbocycles. The molecule has 0 aliphatic heterocycles. The number of benzene rings is 2. The fraction of sp³-hybridized carbons (Fsp3) is 0.375. The molecule has 88 valence electrons. The van der Waals surface area contributed by atoms with E-state index in [1.807, 2.05) is 0 Å². The maximum atomic E-state index is 5.66. The molecule has 17 heavy (non-hydrogen) atoms. The molecule has 0 atom stereocenters. The molecule has 1 aliphatic rings. The molecular formula is C16H18O. The SMILES string of the molecule is COc1c2c(cc3ccccc13)C(C)(C)CC2. The van der Waals surface area contributed by atoms with Gasteiger partial charge in [0.2, 0.25) is 0 Å². The Balaban J connectivity index is 2.40. The van der Waals surface area contributed by atoms with E-state index in [0.29, 0.717) is 0 Å². The molecular weight excluding hydrogens is 208 g/mol. The van der Waals surface area contributed by atoms with Gasteiger partial charge in [0.05, 0.1) is 7.11 Å².